The van der Waals surface area contributed by atoms with Gasteiger partial charge >= 0.3 is 0 Å². The van der Waals surface area contributed by atoms with Crippen LogP contribution in [0.3, 0.4) is 0 Å². The minimum absolute atomic E-state index is 0.295. The molecule has 1 aromatic heterocycles. The molecule has 0 saturated heterocycles. The van der Waals surface area contributed by atoms with Gasteiger partial charge in [-0.3, -0.25) is 0 Å². The predicted octanol–water partition coefficient (Wildman–Crippen LogP) is 1.36. The van der Waals surface area contributed by atoms with Gasteiger partial charge in [0.05, 0.1) is 6.54 Å². The summed E-state index contributed by atoms with van der Waals surface area (Å²) >= 11 is 0. The molecule has 20 heavy (non-hydrogen) atoms. The van der Waals surface area contributed by atoms with E-state index in [1.807, 2.05) is 30.3 Å². The van der Waals surface area contributed by atoms with Crippen molar-refractivity contribution in [2.75, 3.05) is 6.54 Å². The molecule has 3 aromatic rings. The van der Waals surface area contributed by atoms with E-state index in [-0.39, 0.29) is 0 Å². The molecule has 2 aromatic carbocycles. The van der Waals surface area contributed by atoms with Gasteiger partial charge in [0.1, 0.15) is 5.75 Å². The van der Waals surface area contributed by atoms with Crippen LogP contribution in [0.4, 0.5) is 0 Å². The van der Waals surface area contributed by atoms with Crippen LogP contribution in [0.1, 0.15) is 5.82 Å². The lowest BCUT2D eigenvalue weighted by molar-refractivity contribution is 0.295. The van der Waals surface area contributed by atoms with Crippen LogP contribution in [0.25, 0.3) is 10.8 Å². The van der Waals surface area contributed by atoms with Gasteiger partial charge in [0.25, 0.3) is 0 Å². The Kier molecular flexibility index (Phi) is 3.56. The molecule has 6 heteroatoms. The van der Waals surface area contributed by atoms with Crippen LogP contribution in [-0.4, -0.2) is 26.8 Å². The molecule has 0 atom stereocenters. The Morgan fingerprint density at radius 2 is 1.95 bits per heavy atom. The molecule has 0 amide bonds. The highest BCUT2D eigenvalue weighted by Gasteiger charge is 2.04. The molecular weight excluding hydrogens is 254 g/mol. The lowest BCUT2D eigenvalue weighted by Crippen LogP contribution is -2.12. The largest absolute Gasteiger partial charge is 0.485 e. The molecule has 3 rings (SSSR count). The number of nitrogens with two attached hydrogens (primary N) is 1. The number of benzene rings is 2. The monoisotopic (exact) mass is 269 g/mol. The van der Waals surface area contributed by atoms with E-state index in [1.165, 1.54) is 10.2 Å². The first kappa shape index (κ1) is 12.6. The Labute approximate surface area is 116 Å². The number of nitrogens with zero attached hydrogens (tertiary/aromatic N) is 4. The van der Waals surface area contributed by atoms with Crippen LogP contribution in [0, 0.1) is 0 Å². The predicted molar refractivity (Wildman–Crippen MR) is 75.2 cm³/mol. The SMILES string of the molecule is NCCn1nnc(COc2ccc3ccccc3c2)n1. The molecule has 2 N–H and O–H groups in total. The fourth-order valence-corrected chi connectivity index (χ4v) is 1.95. The zero-order valence-corrected chi connectivity index (χ0v) is 10.9. The minimum atomic E-state index is 0.295. The molecule has 0 spiro atoms. The molecule has 0 bridgehead atoms. The summed E-state index contributed by atoms with van der Waals surface area (Å²) in [5, 5.41) is 14.3. The van der Waals surface area contributed by atoms with Gasteiger partial charge < -0.3 is 10.5 Å². The smallest absolute Gasteiger partial charge is 0.212 e. The van der Waals surface area contributed by atoms with E-state index >= 15 is 0 Å². The minimum Gasteiger partial charge on any atom is -0.485 e. The molecule has 6 nitrogen and oxygen atoms in total. The number of fused-ring (bicyclic) bond motifs is 1. The Bertz CT molecular complexity index is 709. The van der Waals surface area contributed by atoms with Crippen LogP contribution in [0.15, 0.2) is 42.5 Å². The molecule has 0 fully saturated rings. The second-order valence-electron chi connectivity index (χ2n) is 4.39. The first-order chi connectivity index (χ1) is 9.85. The zero-order chi connectivity index (χ0) is 13.8. The lowest BCUT2D eigenvalue weighted by Gasteiger charge is -2.04. The molecule has 0 aliphatic rings. The fraction of sp³-hybridized carbons (Fsp3) is 0.214. The van der Waals surface area contributed by atoms with Crippen molar-refractivity contribution < 1.29 is 4.74 Å². The van der Waals surface area contributed by atoms with Gasteiger partial charge in [-0.15, -0.1) is 10.2 Å². The van der Waals surface area contributed by atoms with E-state index < -0.39 is 0 Å². The van der Waals surface area contributed by atoms with Crippen molar-refractivity contribution in [1.82, 2.24) is 20.2 Å². The Morgan fingerprint density at radius 1 is 1.10 bits per heavy atom. The summed E-state index contributed by atoms with van der Waals surface area (Å²) in [5.41, 5.74) is 5.43. The van der Waals surface area contributed by atoms with Crippen molar-refractivity contribution in [1.29, 1.82) is 0 Å². The molecule has 1 heterocycles. The molecule has 102 valence electrons. The van der Waals surface area contributed by atoms with E-state index in [0.29, 0.717) is 25.5 Å². The van der Waals surface area contributed by atoms with Gasteiger partial charge in [-0.2, -0.15) is 4.80 Å². The number of ether oxygens (including phenoxy) is 1. The van der Waals surface area contributed by atoms with Crippen molar-refractivity contribution in [3.63, 3.8) is 0 Å². The number of hydrogen-bond donors (Lipinski definition) is 1. The van der Waals surface area contributed by atoms with Gasteiger partial charge in [-0.05, 0) is 28.1 Å². The maximum absolute atomic E-state index is 5.68. The average Bonchev–Trinajstić information content (AvgIpc) is 2.93. The van der Waals surface area contributed by atoms with E-state index in [4.69, 9.17) is 10.5 Å². The van der Waals surface area contributed by atoms with Crippen LogP contribution in [0.2, 0.25) is 0 Å². The number of hydrogen-bond acceptors (Lipinski definition) is 5. The number of tetrazole rings is 1. The van der Waals surface area contributed by atoms with Crippen LogP contribution in [-0.2, 0) is 13.2 Å². The van der Waals surface area contributed by atoms with E-state index in [2.05, 4.69) is 27.5 Å². The molecule has 0 aliphatic carbocycles. The summed E-state index contributed by atoms with van der Waals surface area (Å²) in [6.45, 7) is 1.34. The van der Waals surface area contributed by atoms with Crippen LogP contribution >= 0.6 is 0 Å². The topological polar surface area (TPSA) is 78.9 Å². The highest BCUT2D eigenvalue weighted by atomic mass is 16.5. The first-order valence-corrected chi connectivity index (χ1v) is 6.43. The summed E-state index contributed by atoms with van der Waals surface area (Å²) < 4.78 is 5.68. The third-order valence-electron chi connectivity index (χ3n) is 2.91. The highest BCUT2D eigenvalue weighted by molar-refractivity contribution is 5.83. The Balaban J connectivity index is 1.69. The molecule has 0 saturated carbocycles. The molecular formula is C14H15N5O. The third kappa shape index (κ3) is 2.75. The van der Waals surface area contributed by atoms with Gasteiger partial charge in [0, 0.05) is 6.54 Å². The van der Waals surface area contributed by atoms with Crippen molar-refractivity contribution in [2.45, 2.75) is 13.2 Å². The second kappa shape index (κ2) is 5.66. The van der Waals surface area contributed by atoms with E-state index in [0.717, 1.165) is 11.1 Å². The standard InChI is InChI=1S/C14H15N5O/c15-7-8-19-17-14(16-18-19)10-20-13-6-5-11-3-1-2-4-12(11)9-13/h1-6,9H,7-8,10,15H2. The number of aromatic nitrogens is 4. The Morgan fingerprint density at radius 3 is 2.80 bits per heavy atom. The van der Waals surface area contributed by atoms with Crippen molar-refractivity contribution in [3.8, 4) is 5.75 Å². The summed E-state index contributed by atoms with van der Waals surface area (Å²) in [5.74, 6) is 1.34. The third-order valence-corrected chi connectivity index (χ3v) is 2.91. The molecule has 0 radical (unpaired) electrons. The summed E-state index contributed by atoms with van der Waals surface area (Å²) in [7, 11) is 0. The summed E-state index contributed by atoms with van der Waals surface area (Å²) in [6.07, 6.45) is 0. The lowest BCUT2D eigenvalue weighted by atomic mass is 10.1. The maximum atomic E-state index is 5.68. The first-order valence-electron chi connectivity index (χ1n) is 6.43. The van der Waals surface area contributed by atoms with Gasteiger partial charge in [0.15, 0.2) is 6.61 Å². The van der Waals surface area contributed by atoms with E-state index in [9.17, 15) is 0 Å². The summed E-state index contributed by atoms with van der Waals surface area (Å²) in [6, 6.07) is 14.1. The van der Waals surface area contributed by atoms with Gasteiger partial charge in [-0.25, -0.2) is 0 Å². The molecule has 0 aliphatic heterocycles. The van der Waals surface area contributed by atoms with Crippen LogP contribution < -0.4 is 10.5 Å². The van der Waals surface area contributed by atoms with Gasteiger partial charge in [0.2, 0.25) is 5.82 Å². The maximum Gasteiger partial charge on any atom is 0.212 e. The van der Waals surface area contributed by atoms with Gasteiger partial charge in [-0.1, -0.05) is 30.3 Å². The van der Waals surface area contributed by atoms with E-state index in [1.54, 1.807) is 0 Å². The van der Waals surface area contributed by atoms with Crippen molar-refractivity contribution in [2.24, 2.45) is 5.73 Å². The Hall–Kier alpha value is -2.47. The zero-order valence-electron chi connectivity index (χ0n) is 10.9. The van der Waals surface area contributed by atoms with Crippen molar-refractivity contribution >= 4 is 10.8 Å². The highest BCUT2D eigenvalue weighted by Crippen LogP contribution is 2.20. The van der Waals surface area contributed by atoms with Crippen LogP contribution in [0.5, 0.6) is 5.75 Å². The van der Waals surface area contributed by atoms with Crippen molar-refractivity contribution in [3.05, 3.63) is 48.3 Å². The summed E-state index contributed by atoms with van der Waals surface area (Å²) in [4.78, 5) is 1.47. The quantitative estimate of drug-likeness (QED) is 0.756. The molecule has 0 unspecified atom stereocenters. The number of rotatable bonds is 5. The fourth-order valence-electron chi connectivity index (χ4n) is 1.95. The average molecular weight is 269 g/mol. The normalized spacial score (nSPS) is 10.8. The second-order valence-corrected chi connectivity index (χ2v) is 4.39.